The third-order valence-corrected chi connectivity index (χ3v) is 6.30. The van der Waals surface area contributed by atoms with Crippen LogP contribution in [0.3, 0.4) is 0 Å². The molecule has 2 fully saturated rings. The molecule has 2 aliphatic rings. The molecule has 1 aromatic carbocycles. The summed E-state index contributed by atoms with van der Waals surface area (Å²) in [5.41, 5.74) is 2.81. The highest BCUT2D eigenvalue weighted by molar-refractivity contribution is 5.75. The van der Waals surface area contributed by atoms with Gasteiger partial charge in [0, 0.05) is 6.04 Å². The number of carbonyl (C=O) groups excluding carboxylic acids is 1. The molecule has 4 atom stereocenters. The van der Waals surface area contributed by atoms with Crippen LogP contribution in [0.25, 0.3) is 5.57 Å². The van der Waals surface area contributed by atoms with Crippen molar-refractivity contribution in [3.63, 3.8) is 0 Å². The van der Waals surface area contributed by atoms with E-state index in [1.807, 2.05) is 26.8 Å². The zero-order chi connectivity index (χ0) is 18.2. The van der Waals surface area contributed by atoms with Gasteiger partial charge in [-0.1, -0.05) is 36.8 Å². The van der Waals surface area contributed by atoms with Crippen molar-refractivity contribution in [3.05, 3.63) is 42.0 Å². The van der Waals surface area contributed by atoms with Gasteiger partial charge in [0.25, 0.3) is 0 Å². The third kappa shape index (κ3) is 3.91. The van der Waals surface area contributed by atoms with Gasteiger partial charge in [-0.15, -0.1) is 0 Å². The Labute approximate surface area is 152 Å². The number of allylic oxidation sites excluding steroid dienone is 1. The number of carbonyl (C=O) groups is 1. The summed E-state index contributed by atoms with van der Waals surface area (Å²) in [4.78, 5) is 12.6. The summed E-state index contributed by atoms with van der Waals surface area (Å²) in [6.45, 7) is 12.3. The molecule has 136 valence electrons. The molecule has 0 heterocycles. The summed E-state index contributed by atoms with van der Waals surface area (Å²) in [6, 6.07) is 8.43. The van der Waals surface area contributed by atoms with Gasteiger partial charge < -0.3 is 10.6 Å². The summed E-state index contributed by atoms with van der Waals surface area (Å²) >= 11 is 0. The number of fused-ring (bicyclic) bond motifs is 2. The number of hydrogen-bond donors (Lipinski definition) is 2. The highest BCUT2D eigenvalue weighted by atomic mass is 16.2. The Hall–Kier alpha value is -1.77. The molecule has 0 aliphatic heterocycles. The van der Waals surface area contributed by atoms with Gasteiger partial charge in [-0.3, -0.25) is 0 Å². The number of urea groups is 1. The van der Waals surface area contributed by atoms with Gasteiger partial charge in [-0.2, -0.15) is 0 Å². The molecule has 2 aliphatic carbocycles. The Balaban J connectivity index is 1.61. The summed E-state index contributed by atoms with van der Waals surface area (Å²) in [5.74, 6) is 2.38. The lowest BCUT2D eigenvalue weighted by atomic mass is 9.84. The maximum Gasteiger partial charge on any atom is 0.315 e. The Morgan fingerprint density at radius 2 is 2.04 bits per heavy atom. The van der Waals surface area contributed by atoms with Crippen molar-refractivity contribution >= 4 is 11.6 Å². The Morgan fingerprint density at radius 1 is 1.28 bits per heavy atom. The molecule has 2 N–H and O–H groups in total. The molecular weight excluding hydrogens is 308 g/mol. The van der Waals surface area contributed by atoms with Gasteiger partial charge in [-0.05, 0) is 81.9 Å². The van der Waals surface area contributed by atoms with Gasteiger partial charge in [0.2, 0.25) is 0 Å². The fraction of sp³-hybridized carbons (Fsp3) is 0.591. The predicted octanol–water partition coefficient (Wildman–Crippen LogP) is 5.08. The number of hydrogen-bond acceptors (Lipinski definition) is 1. The minimum Gasteiger partial charge on any atom is -0.335 e. The van der Waals surface area contributed by atoms with Crippen molar-refractivity contribution < 1.29 is 4.79 Å². The second-order valence-electron chi connectivity index (χ2n) is 8.71. The van der Waals surface area contributed by atoms with Crippen molar-refractivity contribution in [1.82, 2.24) is 10.6 Å². The summed E-state index contributed by atoms with van der Waals surface area (Å²) < 4.78 is 0. The monoisotopic (exact) mass is 340 g/mol. The van der Waals surface area contributed by atoms with Crippen molar-refractivity contribution in [2.45, 2.75) is 65.0 Å². The van der Waals surface area contributed by atoms with E-state index in [-0.39, 0.29) is 12.1 Å². The normalized spacial score (nSPS) is 26.3. The van der Waals surface area contributed by atoms with E-state index < -0.39 is 5.54 Å². The molecule has 2 amide bonds. The van der Waals surface area contributed by atoms with Crippen LogP contribution in [-0.2, 0) is 5.54 Å². The molecule has 0 radical (unpaired) electrons. The maximum absolute atomic E-state index is 12.6. The van der Waals surface area contributed by atoms with Gasteiger partial charge in [0.15, 0.2) is 0 Å². The molecule has 2 saturated carbocycles. The first-order valence-electron chi connectivity index (χ1n) is 9.61. The molecule has 0 unspecified atom stereocenters. The highest BCUT2D eigenvalue weighted by Crippen LogP contribution is 2.49. The van der Waals surface area contributed by atoms with E-state index in [4.69, 9.17) is 0 Å². The summed E-state index contributed by atoms with van der Waals surface area (Å²) in [6.07, 6.45) is 5.40. The molecule has 0 saturated heterocycles. The zero-order valence-electron chi connectivity index (χ0n) is 16.1. The lowest BCUT2D eigenvalue weighted by Crippen LogP contribution is -2.51. The van der Waals surface area contributed by atoms with E-state index in [1.165, 1.54) is 25.7 Å². The molecular formula is C22H32N2O. The van der Waals surface area contributed by atoms with Gasteiger partial charge in [0.1, 0.15) is 0 Å². The van der Waals surface area contributed by atoms with Crippen molar-refractivity contribution in [3.8, 4) is 0 Å². The Morgan fingerprint density at radius 3 is 2.64 bits per heavy atom. The topological polar surface area (TPSA) is 41.1 Å². The SMILES string of the molecule is C=C(C)c1cccc(C(C)(C)NC(=O)N[C@@H](C)[C@H]2C[C@@H]3CC[C@H]2C3)c1. The molecule has 3 rings (SSSR count). The number of nitrogens with one attached hydrogen (secondary N) is 2. The van der Waals surface area contributed by atoms with E-state index in [2.05, 4.69) is 42.3 Å². The van der Waals surface area contributed by atoms with E-state index in [1.54, 1.807) is 0 Å². The van der Waals surface area contributed by atoms with Crippen LogP contribution in [-0.4, -0.2) is 12.1 Å². The second-order valence-corrected chi connectivity index (χ2v) is 8.71. The van der Waals surface area contributed by atoms with Crippen LogP contribution in [0.2, 0.25) is 0 Å². The van der Waals surface area contributed by atoms with Crippen LogP contribution >= 0.6 is 0 Å². The first-order valence-corrected chi connectivity index (χ1v) is 9.61. The maximum atomic E-state index is 12.6. The smallest absolute Gasteiger partial charge is 0.315 e. The van der Waals surface area contributed by atoms with Crippen LogP contribution in [0.5, 0.6) is 0 Å². The fourth-order valence-electron chi connectivity index (χ4n) is 4.79. The zero-order valence-corrected chi connectivity index (χ0v) is 16.1. The number of amides is 2. The molecule has 1 aromatic rings. The van der Waals surface area contributed by atoms with Crippen molar-refractivity contribution in [2.24, 2.45) is 17.8 Å². The largest absolute Gasteiger partial charge is 0.335 e. The number of rotatable bonds is 5. The Kier molecular flexibility index (Phi) is 4.95. The molecule has 25 heavy (non-hydrogen) atoms. The van der Waals surface area contributed by atoms with Crippen LogP contribution in [0.1, 0.15) is 64.5 Å². The van der Waals surface area contributed by atoms with E-state index in [0.29, 0.717) is 5.92 Å². The van der Waals surface area contributed by atoms with E-state index >= 15 is 0 Å². The predicted molar refractivity (Wildman–Crippen MR) is 104 cm³/mol. The molecule has 0 aromatic heterocycles. The average Bonchev–Trinajstić information content (AvgIpc) is 3.17. The lowest BCUT2D eigenvalue weighted by molar-refractivity contribution is 0.211. The van der Waals surface area contributed by atoms with Crippen molar-refractivity contribution in [1.29, 1.82) is 0 Å². The van der Waals surface area contributed by atoms with Crippen LogP contribution in [0.4, 0.5) is 4.79 Å². The number of benzene rings is 1. The lowest BCUT2D eigenvalue weighted by Gasteiger charge is -2.32. The third-order valence-electron chi connectivity index (χ3n) is 6.30. The minimum absolute atomic E-state index is 0.0685. The quantitative estimate of drug-likeness (QED) is 0.771. The van der Waals surface area contributed by atoms with Crippen LogP contribution < -0.4 is 10.6 Å². The first-order chi connectivity index (χ1) is 11.8. The molecule has 0 spiro atoms. The molecule has 2 bridgehead atoms. The first kappa shape index (κ1) is 18.0. The van der Waals surface area contributed by atoms with Gasteiger partial charge in [-0.25, -0.2) is 4.79 Å². The molecule has 3 nitrogen and oxygen atoms in total. The van der Waals surface area contributed by atoms with Crippen LogP contribution in [0.15, 0.2) is 30.8 Å². The van der Waals surface area contributed by atoms with Crippen LogP contribution in [0, 0.1) is 17.8 Å². The fourth-order valence-corrected chi connectivity index (χ4v) is 4.79. The van der Waals surface area contributed by atoms with E-state index in [9.17, 15) is 4.79 Å². The average molecular weight is 341 g/mol. The summed E-state index contributed by atoms with van der Waals surface area (Å²) in [5, 5.41) is 6.36. The van der Waals surface area contributed by atoms with Gasteiger partial charge >= 0.3 is 6.03 Å². The second kappa shape index (κ2) is 6.86. The minimum atomic E-state index is -0.427. The highest BCUT2D eigenvalue weighted by Gasteiger charge is 2.42. The Bertz CT molecular complexity index is 664. The van der Waals surface area contributed by atoms with Crippen molar-refractivity contribution in [2.75, 3.05) is 0 Å². The van der Waals surface area contributed by atoms with Gasteiger partial charge in [0.05, 0.1) is 5.54 Å². The molecule has 3 heteroatoms. The summed E-state index contributed by atoms with van der Waals surface area (Å²) in [7, 11) is 0. The standard InChI is InChI=1S/C22H32N2O/c1-14(2)17-7-6-8-19(13-17)22(4,5)24-21(25)23-15(3)20-12-16-9-10-18(20)11-16/h6-8,13,15-16,18,20H,1,9-12H2,2-5H3,(H2,23,24,25)/t15-,16+,18-,20+/m0/s1. The van der Waals surface area contributed by atoms with E-state index in [0.717, 1.165) is 28.5 Å².